The van der Waals surface area contributed by atoms with Crippen molar-refractivity contribution in [2.75, 3.05) is 0 Å². The Bertz CT molecular complexity index is 1390. The molecule has 3 rings (SSSR count). The van der Waals surface area contributed by atoms with Gasteiger partial charge < -0.3 is 0 Å². The van der Waals surface area contributed by atoms with Crippen LogP contribution in [0.2, 0.25) is 0 Å². The minimum Gasteiger partial charge on any atom is -0.206 e. The van der Waals surface area contributed by atoms with Crippen LogP contribution in [0.4, 0.5) is 27.6 Å². The molecule has 0 aromatic heterocycles. The maximum absolute atomic E-state index is 14.6. The van der Waals surface area contributed by atoms with Gasteiger partial charge in [0, 0.05) is 23.1 Å². The lowest BCUT2D eigenvalue weighted by atomic mass is 10.0. The summed E-state index contributed by atoms with van der Waals surface area (Å²) in [5, 5.41) is 1.86. The van der Waals surface area contributed by atoms with Gasteiger partial charge in [-0.2, -0.15) is 4.99 Å². The van der Waals surface area contributed by atoms with Gasteiger partial charge in [-0.15, -0.1) is 0 Å². The fraction of sp³-hybridized carbons (Fsp3) is 0.179. The first-order valence-corrected chi connectivity index (χ1v) is 11.1. The summed E-state index contributed by atoms with van der Waals surface area (Å²) in [7, 11) is 0. The standard InChI is InChI=1S/C28H18F5NS/c1-2-3-4-5-6-7-18-8-10-21(23(29)12-18)20-15-24(30)22(25(31)16-20)11-9-19-13-26(32)28(34-17-35)27(33)14-19/h8,10,12-16H,2-5H2,1H3. The first-order valence-electron chi connectivity index (χ1n) is 10.7. The number of benzene rings is 3. The minimum absolute atomic E-state index is 0.00215. The monoisotopic (exact) mass is 495 g/mol. The number of rotatable bonds is 5. The third-order valence-electron chi connectivity index (χ3n) is 4.97. The predicted molar refractivity (Wildman–Crippen MR) is 130 cm³/mol. The maximum atomic E-state index is 14.6. The zero-order chi connectivity index (χ0) is 25.4. The Labute approximate surface area is 205 Å². The van der Waals surface area contributed by atoms with Gasteiger partial charge in [0.2, 0.25) is 0 Å². The number of hydrogen-bond donors (Lipinski definition) is 0. The SMILES string of the molecule is CCCCCC#Cc1ccc(-c2cc(F)c(C#Cc3cc(F)c(N=C=S)c(F)c3)c(F)c2)c(F)c1. The Kier molecular flexibility index (Phi) is 8.92. The second-order valence-electron chi connectivity index (χ2n) is 7.51. The smallest absolute Gasteiger partial charge is 0.153 e. The highest BCUT2D eigenvalue weighted by molar-refractivity contribution is 7.78. The van der Waals surface area contributed by atoms with Gasteiger partial charge in [0.15, 0.2) is 11.6 Å². The molecule has 0 saturated carbocycles. The first-order chi connectivity index (χ1) is 16.8. The molecule has 0 amide bonds. The zero-order valence-electron chi connectivity index (χ0n) is 18.6. The molecule has 0 aliphatic carbocycles. The van der Waals surface area contributed by atoms with Crippen LogP contribution in [0.15, 0.2) is 47.5 Å². The molecule has 0 saturated heterocycles. The molecule has 0 atom stereocenters. The Balaban J connectivity index is 1.87. The van der Waals surface area contributed by atoms with E-state index in [1.54, 1.807) is 6.07 Å². The summed E-state index contributed by atoms with van der Waals surface area (Å²) < 4.78 is 71.7. The number of thiocarbonyl (C=S) groups is 1. The average Bonchev–Trinajstić information content (AvgIpc) is 2.81. The number of isothiocyanates is 1. The summed E-state index contributed by atoms with van der Waals surface area (Å²) in [6.45, 7) is 2.09. The van der Waals surface area contributed by atoms with E-state index in [0.29, 0.717) is 12.0 Å². The zero-order valence-corrected chi connectivity index (χ0v) is 19.4. The van der Waals surface area contributed by atoms with E-state index in [1.807, 2.05) is 5.16 Å². The Morgan fingerprint density at radius 2 is 1.40 bits per heavy atom. The largest absolute Gasteiger partial charge is 0.206 e. The number of halogens is 5. The molecule has 35 heavy (non-hydrogen) atoms. The van der Waals surface area contributed by atoms with E-state index in [9.17, 15) is 22.0 Å². The van der Waals surface area contributed by atoms with Crippen molar-refractivity contribution in [3.63, 3.8) is 0 Å². The van der Waals surface area contributed by atoms with E-state index in [1.165, 1.54) is 12.1 Å². The lowest BCUT2D eigenvalue weighted by Gasteiger charge is -2.07. The fourth-order valence-corrected chi connectivity index (χ4v) is 3.32. The van der Waals surface area contributed by atoms with Crippen LogP contribution in [-0.4, -0.2) is 5.16 Å². The van der Waals surface area contributed by atoms with Gasteiger partial charge in [-0.05, 0) is 60.6 Å². The quantitative estimate of drug-likeness (QED) is 0.114. The van der Waals surface area contributed by atoms with Crippen molar-refractivity contribution in [2.45, 2.75) is 32.6 Å². The first kappa shape index (κ1) is 25.8. The van der Waals surface area contributed by atoms with Crippen molar-refractivity contribution < 1.29 is 22.0 Å². The predicted octanol–water partition coefficient (Wildman–Crippen LogP) is 8.12. The topological polar surface area (TPSA) is 12.4 Å². The lowest BCUT2D eigenvalue weighted by Crippen LogP contribution is -1.94. The summed E-state index contributed by atoms with van der Waals surface area (Å²) >= 11 is 4.33. The molecule has 7 heteroatoms. The lowest BCUT2D eigenvalue weighted by molar-refractivity contribution is 0.577. The molecule has 0 radical (unpaired) electrons. The Morgan fingerprint density at radius 1 is 0.743 bits per heavy atom. The van der Waals surface area contributed by atoms with Crippen LogP contribution in [-0.2, 0) is 0 Å². The van der Waals surface area contributed by atoms with E-state index >= 15 is 0 Å². The van der Waals surface area contributed by atoms with Crippen LogP contribution in [0.1, 0.15) is 49.3 Å². The van der Waals surface area contributed by atoms with Gasteiger partial charge in [-0.3, -0.25) is 0 Å². The molecule has 3 aromatic rings. The highest BCUT2D eigenvalue weighted by atomic mass is 32.1. The van der Waals surface area contributed by atoms with Gasteiger partial charge in [-0.1, -0.05) is 49.5 Å². The molecule has 0 heterocycles. The van der Waals surface area contributed by atoms with Gasteiger partial charge in [-0.25, -0.2) is 22.0 Å². The van der Waals surface area contributed by atoms with E-state index in [-0.39, 0.29) is 16.7 Å². The van der Waals surface area contributed by atoms with Crippen molar-refractivity contribution in [1.82, 2.24) is 0 Å². The van der Waals surface area contributed by atoms with Crippen molar-refractivity contribution in [3.05, 3.63) is 88.2 Å². The molecule has 0 bridgehead atoms. The van der Waals surface area contributed by atoms with Crippen LogP contribution >= 0.6 is 12.2 Å². The molecule has 0 aliphatic rings. The minimum atomic E-state index is -1.05. The van der Waals surface area contributed by atoms with Gasteiger partial charge >= 0.3 is 0 Å². The molecule has 0 spiro atoms. The van der Waals surface area contributed by atoms with Gasteiger partial charge in [0.05, 0.1) is 10.7 Å². The van der Waals surface area contributed by atoms with Crippen LogP contribution in [0.25, 0.3) is 11.1 Å². The van der Waals surface area contributed by atoms with Crippen LogP contribution in [0, 0.1) is 52.8 Å². The highest BCUT2D eigenvalue weighted by Crippen LogP contribution is 2.28. The molecule has 3 aromatic carbocycles. The number of unbranched alkanes of at least 4 members (excludes halogenated alkanes) is 3. The molecule has 0 aliphatic heterocycles. The van der Waals surface area contributed by atoms with Gasteiger partial charge in [0.1, 0.15) is 23.1 Å². The number of aliphatic imine (C=N–C) groups is 1. The summed E-state index contributed by atoms with van der Waals surface area (Å²) in [5.74, 6) is 5.55. The molecule has 176 valence electrons. The van der Waals surface area contributed by atoms with Gasteiger partial charge in [0.25, 0.3) is 0 Å². The van der Waals surface area contributed by atoms with Crippen molar-refractivity contribution in [3.8, 4) is 34.8 Å². The molecule has 1 nitrogen and oxygen atoms in total. The fourth-order valence-electron chi connectivity index (χ4n) is 3.23. The average molecular weight is 496 g/mol. The van der Waals surface area contributed by atoms with Crippen molar-refractivity contribution in [2.24, 2.45) is 4.99 Å². The van der Waals surface area contributed by atoms with E-state index in [4.69, 9.17) is 0 Å². The number of nitrogens with zero attached hydrogens (tertiary/aromatic N) is 1. The van der Waals surface area contributed by atoms with E-state index in [0.717, 1.165) is 43.5 Å². The van der Waals surface area contributed by atoms with E-state index < -0.39 is 40.3 Å². The molecule has 0 fully saturated rings. The van der Waals surface area contributed by atoms with Crippen molar-refractivity contribution in [1.29, 1.82) is 0 Å². The molecular formula is C28H18F5NS. The van der Waals surface area contributed by atoms with Crippen LogP contribution in [0.5, 0.6) is 0 Å². The maximum Gasteiger partial charge on any atom is 0.153 e. The summed E-state index contributed by atoms with van der Waals surface area (Å²) in [4.78, 5) is 3.28. The molecule has 0 unspecified atom stereocenters. The second-order valence-corrected chi connectivity index (χ2v) is 7.69. The summed E-state index contributed by atoms with van der Waals surface area (Å²) in [6.07, 6.45) is 3.83. The van der Waals surface area contributed by atoms with E-state index in [2.05, 4.69) is 47.8 Å². The third-order valence-corrected chi connectivity index (χ3v) is 5.06. The second kappa shape index (κ2) is 12.1. The summed E-state index contributed by atoms with van der Waals surface area (Å²) in [6, 6.07) is 7.80. The third kappa shape index (κ3) is 6.64. The van der Waals surface area contributed by atoms with Crippen molar-refractivity contribution >= 4 is 23.1 Å². The molecular weight excluding hydrogens is 477 g/mol. The van der Waals surface area contributed by atoms with Crippen LogP contribution in [0.3, 0.4) is 0 Å². The Hall–Kier alpha value is -3.77. The summed E-state index contributed by atoms with van der Waals surface area (Å²) in [5.41, 5.74) is -0.979. The molecule has 0 N–H and O–H groups in total. The highest BCUT2D eigenvalue weighted by Gasteiger charge is 2.14. The van der Waals surface area contributed by atoms with Crippen LogP contribution < -0.4 is 0 Å². The Morgan fingerprint density at radius 3 is 2.00 bits per heavy atom. The number of hydrogen-bond acceptors (Lipinski definition) is 2. The normalized spacial score (nSPS) is 10.0.